The molecular formula is C16H22N2O5S. The molecular weight excluding hydrogens is 332 g/mol. The number of rotatable bonds is 5. The van der Waals surface area contributed by atoms with E-state index < -0.39 is 10.0 Å². The second-order valence-corrected chi connectivity index (χ2v) is 7.80. The van der Waals surface area contributed by atoms with Gasteiger partial charge in [-0.05, 0) is 37.1 Å². The Morgan fingerprint density at radius 3 is 2.29 bits per heavy atom. The second-order valence-electron chi connectivity index (χ2n) is 5.86. The van der Waals surface area contributed by atoms with Crippen molar-refractivity contribution in [2.75, 3.05) is 46.0 Å². The molecule has 3 rings (SSSR count). The molecule has 0 saturated carbocycles. The molecule has 2 fully saturated rings. The van der Waals surface area contributed by atoms with E-state index in [1.54, 1.807) is 17.0 Å². The molecule has 8 heteroatoms. The van der Waals surface area contributed by atoms with E-state index >= 15 is 0 Å². The average molecular weight is 354 g/mol. The lowest BCUT2D eigenvalue weighted by Gasteiger charge is -2.26. The highest BCUT2D eigenvalue weighted by Crippen LogP contribution is 2.22. The fraction of sp³-hybridized carbons (Fsp3) is 0.562. The Hall–Kier alpha value is -1.64. The molecule has 7 nitrogen and oxygen atoms in total. The fourth-order valence-corrected chi connectivity index (χ4v) is 4.35. The van der Waals surface area contributed by atoms with Crippen LogP contribution in [-0.4, -0.2) is 69.5 Å². The van der Waals surface area contributed by atoms with Crippen LogP contribution in [0.2, 0.25) is 0 Å². The van der Waals surface area contributed by atoms with Crippen molar-refractivity contribution in [2.45, 2.75) is 17.7 Å². The molecule has 0 aromatic heterocycles. The lowest BCUT2D eigenvalue weighted by Crippen LogP contribution is -2.42. The van der Waals surface area contributed by atoms with Crippen LogP contribution in [0.15, 0.2) is 29.2 Å². The molecule has 24 heavy (non-hydrogen) atoms. The van der Waals surface area contributed by atoms with Gasteiger partial charge in [-0.25, -0.2) is 8.42 Å². The SMILES string of the molecule is O=C(COc1ccc(S(=O)(=O)N2CCCC2)cc1)N1CCOCC1. The van der Waals surface area contributed by atoms with Gasteiger partial charge in [0.05, 0.1) is 18.1 Å². The summed E-state index contributed by atoms with van der Waals surface area (Å²) in [6.07, 6.45) is 1.81. The molecule has 0 bridgehead atoms. The first kappa shape index (κ1) is 17.2. The number of ether oxygens (including phenoxy) is 2. The van der Waals surface area contributed by atoms with Gasteiger partial charge in [0.15, 0.2) is 6.61 Å². The molecule has 0 aliphatic carbocycles. The van der Waals surface area contributed by atoms with Crippen molar-refractivity contribution in [1.29, 1.82) is 0 Å². The van der Waals surface area contributed by atoms with Crippen LogP contribution in [0.3, 0.4) is 0 Å². The average Bonchev–Trinajstić information content (AvgIpc) is 3.16. The molecule has 132 valence electrons. The van der Waals surface area contributed by atoms with Gasteiger partial charge in [-0.15, -0.1) is 0 Å². The van der Waals surface area contributed by atoms with Gasteiger partial charge < -0.3 is 14.4 Å². The fourth-order valence-electron chi connectivity index (χ4n) is 2.83. The molecule has 1 aromatic carbocycles. The molecule has 0 N–H and O–H groups in total. The van der Waals surface area contributed by atoms with Crippen LogP contribution >= 0.6 is 0 Å². The number of morpholine rings is 1. The maximum Gasteiger partial charge on any atom is 0.260 e. The third-order valence-corrected chi connectivity index (χ3v) is 6.17. The van der Waals surface area contributed by atoms with Gasteiger partial charge in [-0.1, -0.05) is 0 Å². The summed E-state index contributed by atoms with van der Waals surface area (Å²) in [5.41, 5.74) is 0. The predicted octanol–water partition coefficient (Wildman–Crippen LogP) is 0.709. The third-order valence-electron chi connectivity index (χ3n) is 4.25. The van der Waals surface area contributed by atoms with E-state index in [0.717, 1.165) is 12.8 Å². The number of carbonyl (C=O) groups excluding carboxylic acids is 1. The monoisotopic (exact) mass is 354 g/mol. The van der Waals surface area contributed by atoms with Gasteiger partial charge in [-0.2, -0.15) is 4.31 Å². The summed E-state index contributed by atoms with van der Waals surface area (Å²) in [6.45, 7) is 3.36. The Labute approximate surface area is 142 Å². The molecule has 2 aliphatic heterocycles. The number of hydrogen-bond acceptors (Lipinski definition) is 5. The molecule has 1 amide bonds. The Morgan fingerprint density at radius 2 is 1.67 bits per heavy atom. The molecule has 2 saturated heterocycles. The molecule has 0 atom stereocenters. The summed E-state index contributed by atoms with van der Waals surface area (Å²) in [5, 5.41) is 0. The highest BCUT2D eigenvalue weighted by Gasteiger charge is 2.27. The number of amides is 1. The van der Waals surface area contributed by atoms with Crippen LogP contribution in [0.1, 0.15) is 12.8 Å². The number of hydrogen-bond donors (Lipinski definition) is 0. The molecule has 2 aliphatic rings. The first-order valence-electron chi connectivity index (χ1n) is 8.16. The number of benzene rings is 1. The van der Waals surface area contributed by atoms with Crippen LogP contribution < -0.4 is 4.74 Å². The zero-order valence-corrected chi connectivity index (χ0v) is 14.3. The van der Waals surface area contributed by atoms with Crippen LogP contribution in [0.5, 0.6) is 5.75 Å². The number of sulfonamides is 1. The van der Waals surface area contributed by atoms with Crippen molar-refractivity contribution >= 4 is 15.9 Å². The minimum Gasteiger partial charge on any atom is -0.484 e. The van der Waals surface area contributed by atoms with Gasteiger partial charge in [0.1, 0.15) is 5.75 Å². The molecule has 0 spiro atoms. The minimum absolute atomic E-state index is 0.0573. The topological polar surface area (TPSA) is 76.2 Å². The Morgan fingerprint density at radius 1 is 1.04 bits per heavy atom. The minimum atomic E-state index is -3.42. The summed E-state index contributed by atoms with van der Waals surface area (Å²) in [6, 6.07) is 6.25. The zero-order chi connectivity index (χ0) is 17.0. The van der Waals surface area contributed by atoms with Gasteiger partial charge >= 0.3 is 0 Å². The van der Waals surface area contributed by atoms with E-state index in [4.69, 9.17) is 9.47 Å². The smallest absolute Gasteiger partial charge is 0.260 e. The summed E-state index contributed by atoms with van der Waals surface area (Å²) >= 11 is 0. The van der Waals surface area contributed by atoms with E-state index in [-0.39, 0.29) is 17.4 Å². The van der Waals surface area contributed by atoms with Gasteiger partial charge in [-0.3, -0.25) is 4.79 Å². The quantitative estimate of drug-likeness (QED) is 0.778. The Balaban J connectivity index is 1.57. The zero-order valence-electron chi connectivity index (χ0n) is 13.5. The molecule has 0 unspecified atom stereocenters. The van der Waals surface area contributed by atoms with Crippen LogP contribution in [0.25, 0.3) is 0 Å². The van der Waals surface area contributed by atoms with E-state index in [2.05, 4.69) is 0 Å². The lowest BCUT2D eigenvalue weighted by atomic mass is 10.3. The number of nitrogens with zero attached hydrogens (tertiary/aromatic N) is 2. The van der Waals surface area contributed by atoms with Crippen molar-refractivity contribution in [3.8, 4) is 5.75 Å². The predicted molar refractivity (Wildman–Crippen MR) is 87.3 cm³/mol. The second kappa shape index (κ2) is 7.50. The summed E-state index contributed by atoms with van der Waals surface area (Å²) < 4.78 is 37.0. The van der Waals surface area contributed by atoms with Crippen LogP contribution in [-0.2, 0) is 19.6 Å². The van der Waals surface area contributed by atoms with E-state index in [9.17, 15) is 13.2 Å². The molecule has 2 heterocycles. The van der Waals surface area contributed by atoms with Gasteiger partial charge in [0.2, 0.25) is 10.0 Å². The van der Waals surface area contributed by atoms with Gasteiger partial charge in [0.25, 0.3) is 5.91 Å². The normalized spacial score (nSPS) is 19.4. The summed E-state index contributed by atoms with van der Waals surface area (Å²) in [5.74, 6) is 0.393. The maximum atomic E-state index is 12.4. The van der Waals surface area contributed by atoms with E-state index in [1.165, 1.54) is 16.4 Å². The van der Waals surface area contributed by atoms with Crippen molar-refractivity contribution in [3.05, 3.63) is 24.3 Å². The standard InChI is InChI=1S/C16H22N2O5S/c19-16(17-9-11-22-12-10-17)13-23-14-3-5-15(6-4-14)24(20,21)18-7-1-2-8-18/h3-6H,1-2,7-13H2. The van der Waals surface area contributed by atoms with E-state index in [1.807, 2.05) is 0 Å². The number of carbonyl (C=O) groups is 1. The first-order valence-corrected chi connectivity index (χ1v) is 9.60. The van der Waals surface area contributed by atoms with Crippen LogP contribution in [0, 0.1) is 0 Å². The van der Waals surface area contributed by atoms with Crippen molar-refractivity contribution in [2.24, 2.45) is 0 Å². The maximum absolute atomic E-state index is 12.4. The summed E-state index contributed by atoms with van der Waals surface area (Å²) in [7, 11) is -3.42. The van der Waals surface area contributed by atoms with Crippen molar-refractivity contribution < 1.29 is 22.7 Å². The largest absolute Gasteiger partial charge is 0.484 e. The summed E-state index contributed by atoms with van der Waals surface area (Å²) in [4.78, 5) is 14.0. The van der Waals surface area contributed by atoms with Crippen molar-refractivity contribution in [3.63, 3.8) is 0 Å². The Bertz CT molecular complexity index is 662. The lowest BCUT2D eigenvalue weighted by molar-refractivity contribution is -0.137. The molecule has 1 aromatic rings. The third kappa shape index (κ3) is 3.88. The van der Waals surface area contributed by atoms with Crippen LogP contribution in [0.4, 0.5) is 0 Å². The highest BCUT2D eigenvalue weighted by atomic mass is 32.2. The Kier molecular flexibility index (Phi) is 5.37. The van der Waals surface area contributed by atoms with E-state index in [0.29, 0.717) is 45.1 Å². The first-order chi connectivity index (χ1) is 11.6. The molecule has 0 radical (unpaired) electrons. The van der Waals surface area contributed by atoms with Gasteiger partial charge in [0, 0.05) is 26.2 Å². The van der Waals surface area contributed by atoms with Crippen molar-refractivity contribution in [1.82, 2.24) is 9.21 Å². The highest BCUT2D eigenvalue weighted by molar-refractivity contribution is 7.89.